The number of nitrogens with zero attached hydrogens (tertiary/aromatic N) is 1. The highest BCUT2D eigenvalue weighted by molar-refractivity contribution is 9.10. The Balaban J connectivity index is 0.00000176. The van der Waals surface area contributed by atoms with Crippen LogP contribution in [0.1, 0.15) is 38.7 Å². The summed E-state index contributed by atoms with van der Waals surface area (Å²) >= 11 is 3.45. The van der Waals surface area contributed by atoms with Crippen molar-refractivity contribution in [3.05, 3.63) is 34.3 Å². The SMILES string of the molecule is CC(C)(C(=O)N1CCC2CCC(C1)N2)c1ccc(Br)cc1.Cl. The molecule has 3 nitrogen and oxygen atoms in total. The molecule has 2 unspecified atom stereocenters. The molecule has 2 atom stereocenters. The number of carbonyl (C=O) groups is 1. The van der Waals surface area contributed by atoms with Crippen molar-refractivity contribution in [3.63, 3.8) is 0 Å². The number of hydrogen-bond donors (Lipinski definition) is 1. The lowest BCUT2D eigenvalue weighted by atomic mass is 9.83. The predicted octanol–water partition coefficient (Wildman–Crippen LogP) is 3.50. The van der Waals surface area contributed by atoms with Gasteiger partial charge in [-0.1, -0.05) is 28.1 Å². The maximum atomic E-state index is 13.0. The van der Waals surface area contributed by atoms with Crippen molar-refractivity contribution in [2.45, 2.75) is 50.6 Å². The first kappa shape index (κ1) is 17.8. The molecule has 0 radical (unpaired) electrons. The van der Waals surface area contributed by atoms with Gasteiger partial charge >= 0.3 is 0 Å². The van der Waals surface area contributed by atoms with E-state index in [1.165, 1.54) is 12.8 Å². The molecule has 2 heterocycles. The zero-order valence-corrected chi connectivity index (χ0v) is 15.5. The normalized spacial score (nSPS) is 24.6. The molecular formula is C17H24BrClN2O. The van der Waals surface area contributed by atoms with Gasteiger partial charge in [-0.2, -0.15) is 0 Å². The molecule has 1 aromatic carbocycles. The van der Waals surface area contributed by atoms with Gasteiger partial charge in [0.1, 0.15) is 0 Å². The van der Waals surface area contributed by atoms with E-state index in [1.807, 2.05) is 38.1 Å². The second-order valence-corrected chi connectivity index (χ2v) is 7.73. The summed E-state index contributed by atoms with van der Waals surface area (Å²) in [6.45, 7) is 5.81. The van der Waals surface area contributed by atoms with E-state index in [2.05, 4.69) is 26.1 Å². The third kappa shape index (κ3) is 3.50. The van der Waals surface area contributed by atoms with Crippen LogP contribution in [-0.2, 0) is 10.2 Å². The van der Waals surface area contributed by atoms with Gasteiger partial charge in [0.15, 0.2) is 0 Å². The summed E-state index contributed by atoms with van der Waals surface area (Å²) < 4.78 is 1.05. The third-order valence-electron chi connectivity index (χ3n) is 4.91. The maximum Gasteiger partial charge on any atom is 0.232 e. The van der Waals surface area contributed by atoms with E-state index < -0.39 is 5.41 Å². The van der Waals surface area contributed by atoms with Gasteiger partial charge in [-0.15, -0.1) is 12.4 Å². The number of fused-ring (bicyclic) bond motifs is 2. The minimum absolute atomic E-state index is 0. The molecule has 3 rings (SSSR count). The van der Waals surface area contributed by atoms with E-state index in [-0.39, 0.29) is 18.3 Å². The van der Waals surface area contributed by atoms with E-state index in [0.29, 0.717) is 12.1 Å². The lowest BCUT2D eigenvalue weighted by molar-refractivity contribution is -0.136. The number of nitrogens with one attached hydrogen (secondary N) is 1. The van der Waals surface area contributed by atoms with Crippen molar-refractivity contribution in [2.75, 3.05) is 13.1 Å². The van der Waals surface area contributed by atoms with Gasteiger partial charge in [0.05, 0.1) is 5.41 Å². The van der Waals surface area contributed by atoms with Gasteiger partial charge in [-0.25, -0.2) is 0 Å². The zero-order valence-electron chi connectivity index (χ0n) is 13.1. The largest absolute Gasteiger partial charge is 0.340 e. The average molecular weight is 388 g/mol. The van der Waals surface area contributed by atoms with Gasteiger partial charge in [-0.3, -0.25) is 4.79 Å². The monoisotopic (exact) mass is 386 g/mol. The van der Waals surface area contributed by atoms with Gasteiger partial charge < -0.3 is 10.2 Å². The molecule has 0 spiro atoms. The molecule has 0 aliphatic carbocycles. The van der Waals surface area contributed by atoms with Crippen LogP contribution in [0, 0.1) is 0 Å². The number of hydrogen-bond acceptors (Lipinski definition) is 2. The van der Waals surface area contributed by atoms with E-state index in [1.54, 1.807) is 0 Å². The van der Waals surface area contributed by atoms with Crippen LogP contribution in [0.15, 0.2) is 28.7 Å². The van der Waals surface area contributed by atoms with Gasteiger partial charge in [0.25, 0.3) is 0 Å². The summed E-state index contributed by atoms with van der Waals surface area (Å²) in [6, 6.07) is 9.21. The molecule has 2 bridgehead atoms. The van der Waals surface area contributed by atoms with Gasteiger partial charge in [0, 0.05) is 29.6 Å². The molecule has 2 aliphatic rings. The summed E-state index contributed by atoms with van der Waals surface area (Å²) in [5, 5.41) is 3.64. The summed E-state index contributed by atoms with van der Waals surface area (Å²) in [6.07, 6.45) is 3.55. The van der Waals surface area contributed by atoms with E-state index >= 15 is 0 Å². The van der Waals surface area contributed by atoms with Crippen LogP contribution >= 0.6 is 28.3 Å². The highest BCUT2D eigenvalue weighted by Gasteiger charge is 2.37. The smallest absolute Gasteiger partial charge is 0.232 e. The summed E-state index contributed by atoms with van der Waals surface area (Å²) in [7, 11) is 0. The topological polar surface area (TPSA) is 32.3 Å². The van der Waals surface area contributed by atoms with E-state index in [0.717, 1.165) is 29.5 Å². The zero-order chi connectivity index (χ0) is 15.0. The Morgan fingerprint density at radius 1 is 1.18 bits per heavy atom. The van der Waals surface area contributed by atoms with Crippen molar-refractivity contribution in [2.24, 2.45) is 0 Å². The second kappa shape index (κ2) is 6.90. The number of likely N-dealkylation sites (tertiary alicyclic amines) is 1. The number of amides is 1. The van der Waals surface area contributed by atoms with Gasteiger partial charge in [0.2, 0.25) is 5.91 Å². The number of halogens is 2. The molecule has 122 valence electrons. The van der Waals surface area contributed by atoms with Crippen molar-refractivity contribution in [1.29, 1.82) is 0 Å². The molecule has 1 N–H and O–H groups in total. The Morgan fingerprint density at radius 3 is 2.50 bits per heavy atom. The predicted molar refractivity (Wildman–Crippen MR) is 95.6 cm³/mol. The molecule has 22 heavy (non-hydrogen) atoms. The Hall–Kier alpha value is -0.580. The Morgan fingerprint density at radius 2 is 1.82 bits per heavy atom. The summed E-state index contributed by atoms with van der Waals surface area (Å²) in [4.78, 5) is 15.1. The number of benzene rings is 1. The lowest BCUT2D eigenvalue weighted by Gasteiger charge is -2.33. The molecule has 2 aliphatic heterocycles. The molecular weight excluding hydrogens is 364 g/mol. The van der Waals surface area contributed by atoms with Crippen LogP contribution in [0.4, 0.5) is 0 Å². The molecule has 0 aromatic heterocycles. The fourth-order valence-corrected chi connectivity index (χ4v) is 3.78. The van der Waals surface area contributed by atoms with Crippen LogP contribution in [0.3, 0.4) is 0 Å². The minimum atomic E-state index is -0.468. The first-order valence-electron chi connectivity index (χ1n) is 7.78. The lowest BCUT2D eigenvalue weighted by Crippen LogP contribution is -2.47. The van der Waals surface area contributed by atoms with Crippen LogP contribution in [0.5, 0.6) is 0 Å². The van der Waals surface area contributed by atoms with E-state index in [4.69, 9.17) is 0 Å². The van der Waals surface area contributed by atoms with Crippen LogP contribution < -0.4 is 5.32 Å². The number of carbonyl (C=O) groups excluding carboxylic acids is 1. The van der Waals surface area contributed by atoms with E-state index in [9.17, 15) is 4.79 Å². The fourth-order valence-electron chi connectivity index (χ4n) is 3.51. The molecule has 2 saturated heterocycles. The minimum Gasteiger partial charge on any atom is -0.340 e. The number of rotatable bonds is 2. The highest BCUT2D eigenvalue weighted by Crippen LogP contribution is 2.29. The average Bonchev–Trinajstić information content (AvgIpc) is 2.78. The Bertz CT molecular complexity index is 532. The van der Waals surface area contributed by atoms with Crippen LogP contribution in [-0.4, -0.2) is 36.0 Å². The quantitative estimate of drug-likeness (QED) is 0.842. The molecule has 1 amide bonds. The molecule has 5 heteroatoms. The Labute approximate surface area is 147 Å². The van der Waals surface area contributed by atoms with Crippen molar-refractivity contribution >= 4 is 34.2 Å². The first-order chi connectivity index (χ1) is 9.96. The second-order valence-electron chi connectivity index (χ2n) is 6.81. The fraction of sp³-hybridized carbons (Fsp3) is 0.588. The van der Waals surface area contributed by atoms with Crippen molar-refractivity contribution in [3.8, 4) is 0 Å². The Kier molecular flexibility index (Phi) is 5.57. The summed E-state index contributed by atoms with van der Waals surface area (Å²) in [5.74, 6) is 0.249. The molecule has 2 fully saturated rings. The van der Waals surface area contributed by atoms with Crippen molar-refractivity contribution in [1.82, 2.24) is 10.2 Å². The molecule has 1 aromatic rings. The summed E-state index contributed by atoms with van der Waals surface area (Å²) in [5.41, 5.74) is 0.614. The third-order valence-corrected chi connectivity index (χ3v) is 5.44. The van der Waals surface area contributed by atoms with Crippen LogP contribution in [0.2, 0.25) is 0 Å². The van der Waals surface area contributed by atoms with Crippen LogP contribution in [0.25, 0.3) is 0 Å². The molecule has 0 saturated carbocycles. The standard InChI is InChI=1S/C17H23BrN2O.ClH/c1-17(2,12-3-5-13(18)6-4-12)16(21)20-10-9-14-7-8-15(11-20)19-14;/h3-6,14-15,19H,7-11H2,1-2H3;1H. The first-order valence-corrected chi connectivity index (χ1v) is 8.57. The highest BCUT2D eigenvalue weighted by atomic mass is 79.9. The van der Waals surface area contributed by atoms with Crippen molar-refractivity contribution < 1.29 is 4.79 Å². The van der Waals surface area contributed by atoms with Gasteiger partial charge in [-0.05, 0) is 50.8 Å². The maximum absolute atomic E-state index is 13.0.